The van der Waals surface area contributed by atoms with Gasteiger partial charge in [-0.2, -0.15) is 8.70 Å². The number of hydrogen-bond acceptors (Lipinski definition) is 5. The minimum atomic E-state index is -4.48. The summed E-state index contributed by atoms with van der Waals surface area (Å²) in [6, 6.07) is 0.467. The molecule has 10 heteroatoms. The Bertz CT molecular complexity index is 675. The van der Waals surface area contributed by atoms with Crippen LogP contribution in [0.4, 0.5) is 14.5 Å². The Morgan fingerprint density at radius 2 is 1.86 bits per heavy atom. The Balaban J connectivity index is 3.52. The Morgan fingerprint density at radius 3 is 2.29 bits per heavy atom. The highest BCUT2D eigenvalue weighted by Crippen LogP contribution is 2.29. The molecular weight excluding hydrogens is 310 g/mol. The number of nitrogens with zero attached hydrogens (tertiary/aromatic N) is 2. The molecule has 0 atom stereocenters. The van der Waals surface area contributed by atoms with Crippen LogP contribution in [0.1, 0.15) is 13.8 Å². The molecule has 0 fully saturated rings. The van der Waals surface area contributed by atoms with Gasteiger partial charge in [0.2, 0.25) is 15.8 Å². The van der Waals surface area contributed by atoms with Gasteiger partial charge in [0, 0.05) is 19.2 Å². The quantitative estimate of drug-likeness (QED) is 0.649. The lowest BCUT2D eigenvalue weighted by Crippen LogP contribution is -2.47. The number of likely N-dealkylation sites (N-methyl/N-ethyl adjacent to an activating group) is 1. The van der Waals surface area contributed by atoms with Crippen molar-refractivity contribution in [2.24, 2.45) is 0 Å². The number of aliphatic hydroxyl groups is 1. The zero-order chi connectivity index (χ0) is 16.6. The molecule has 0 saturated carbocycles. The van der Waals surface area contributed by atoms with E-state index in [2.05, 4.69) is 0 Å². The zero-order valence-electron chi connectivity index (χ0n) is 11.5. The van der Waals surface area contributed by atoms with Crippen LogP contribution in [0.15, 0.2) is 17.0 Å². The highest BCUT2D eigenvalue weighted by atomic mass is 32.2. The highest BCUT2D eigenvalue weighted by Gasteiger charge is 2.36. The summed E-state index contributed by atoms with van der Waals surface area (Å²) in [6.07, 6.45) is 0. The predicted molar refractivity (Wildman–Crippen MR) is 69.1 cm³/mol. The largest absolute Gasteiger partial charge is 0.394 e. The molecule has 0 amide bonds. The maximum atomic E-state index is 13.7. The molecule has 118 valence electrons. The van der Waals surface area contributed by atoms with E-state index >= 15 is 0 Å². The van der Waals surface area contributed by atoms with Crippen molar-refractivity contribution in [3.63, 3.8) is 0 Å². The predicted octanol–water partition coefficient (Wildman–Crippen LogP) is 1.26. The van der Waals surface area contributed by atoms with Gasteiger partial charge in [-0.3, -0.25) is 10.1 Å². The fourth-order valence-corrected chi connectivity index (χ4v) is 3.00. The molecule has 0 bridgehead atoms. The Labute approximate surface area is 120 Å². The third-order valence-electron chi connectivity index (χ3n) is 3.08. The average Bonchev–Trinajstić information content (AvgIpc) is 2.36. The van der Waals surface area contributed by atoms with Crippen molar-refractivity contribution in [1.29, 1.82) is 0 Å². The van der Waals surface area contributed by atoms with Crippen LogP contribution in [0, 0.1) is 21.7 Å². The number of benzene rings is 1. The highest BCUT2D eigenvalue weighted by molar-refractivity contribution is 7.89. The molecule has 0 aliphatic carbocycles. The lowest BCUT2D eigenvalue weighted by atomic mass is 10.1. The van der Waals surface area contributed by atoms with E-state index in [9.17, 15) is 27.3 Å². The Morgan fingerprint density at radius 1 is 1.33 bits per heavy atom. The molecule has 0 saturated heterocycles. The van der Waals surface area contributed by atoms with Gasteiger partial charge in [-0.15, -0.1) is 0 Å². The van der Waals surface area contributed by atoms with E-state index in [1.54, 1.807) is 0 Å². The van der Waals surface area contributed by atoms with E-state index in [0.717, 1.165) is 7.05 Å². The average molecular weight is 324 g/mol. The first-order chi connectivity index (χ1) is 9.45. The maximum absolute atomic E-state index is 13.7. The third-order valence-corrected chi connectivity index (χ3v) is 5.16. The summed E-state index contributed by atoms with van der Waals surface area (Å²) in [7, 11) is -3.40. The van der Waals surface area contributed by atoms with Crippen molar-refractivity contribution in [2.75, 3.05) is 13.7 Å². The van der Waals surface area contributed by atoms with Gasteiger partial charge in [0.15, 0.2) is 0 Å². The van der Waals surface area contributed by atoms with Crippen molar-refractivity contribution >= 4 is 15.7 Å². The number of nitro groups is 1. The van der Waals surface area contributed by atoms with Gasteiger partial charge in [-0.25, -0.2) is 12.8 Å². The first-order valence-corrected chi connectivity index (χ1v) is 7.12. The fraction of sp³-hybridized carbons (Fsp3) is 0.455. The summed E-state index contributed by atoms with van der Waals surface area (Å²) in [5.74, 6) is -2.92. The number of sulfonamides is 1. The number of nitro benzene ring substituents is 1. The van der Waals surface area contributed by atoms with Crippen LogP contribution in [-0.2, 0) is 10.0 Å². The lowest BCUT2D eigenvalue weighted by Gasteiger charge is -2.32. The van der Waals surface area contributed by atoms with Crippen molar-refractivity contribution < 1.29 is 27.2 Å². The molecule has 21 heavy (non-hydrogen) atoms. The molecule has 7 nitrogen and oxygen atoms in total. The van der Waals surface area contributed by atoms with Gasteiger partial charge in [-0.05, 0) is 13.8 Å². The minimum absolute atomic E-state index is 0.144. The van der Waals surface area contributed by atoms with Crippen LogP contribution in [-0.4, -0.2) is 41.9 Å². The molecule has 1 N–H and O–H groups in total. The van der Waals surface area contributed by atoms with E-state index in [0.29, 0.717) is 10.4 Å². The van der Waals surface area contributed by atoms with Crippen LogP contribution in [0.5, 0.6) is 0 Å². The Kier molecular flexibility index (Phi) is 4.66. The first-order valence-electron chi connectivity index (χ1n) is 5.68. The second kappa shape index (κ2) is 5.62. The van der Waals surface area contributed by atoms with Crippen molar-refractivity contribution in [3.8, 4) is 0 Å². The van der Waals surface area contributed by atoms with Gasteiger partial charge in [0.05, 0.1) is 17.1 Å². The number of hydrogen-bond donors (Lipinski definition) is 1. The molecule has 0 spiro atoms. The third kappa shape index (κ3) is 3.17. The van der Waals surface area contributed by atoms with Crippen LogP contribution in [0.2, 0.25) is 0 Å². The van der Waals surface area contributed by atoms with E-state index in [-0.39, 0.29) is 6.07 Å². The normalized spacial score (nSPS) is 12.7. The standard InChI is InChI=1S/C11H14F2N2O5S/c1-11(2,6-16)14(3)21(19,20)10-5-9(15(17)18)7(12)4-8(10)13/h4-5,16H,6H2,1-3H3. The van der Waals surface area contributed by atoms with Gasteiger partial charge in [-0.1, -0.05) is 0 Å². The number of rotatable bonds is 5. The second-order valence-electron chi connectivity index (χ2n) is 4.93. The summed E-state index contributed by atoms with van der Waals surface area (Å²) < 4.78 is 52.2. The Hall–Kier alpha value is -1.65. The molecule has 1 aromatic rings. The van der Waals surface area contributed by atoms with E-state index in [1.807, 2.05) is 0 Å². The van der Waals surface area contributed by atoms with Crippen LogP contribution in [0.25, 0.3) is 0 Å². The topological polar surface area (TPSA) is 101 Å². The molecule has 0 radical (unpaired) electrons. The summed E-state index contributed by atoms with van der Waals surface area (Å²) >= 11 is 0. The maximum Gasteiger partial charge on any atom is 0.306 e. The van der Waals surface area contributed by atoms with Crippen LogP contribution in [0.3, 0.4) is 0 Å². The van der Waals surface area contributed by atoms with E-state index < -0.39 is 49.3 Å². The van der Waals surface area contributed by atoms with Crippen molar-refractivity contribution in [1.82, 2.24) is 4.31 Å². The molecule has 0 aliphatic rings. The van der Waals surface area contributed by atoms with Crippen molar-refractivity contribution in [2.45, 2.75) is 24.3 Å². The second-order valence-corrected chi connectivity index (χ2v) is 6.87. The summed E-state index contributed by atoms with van der Waals surface area (Å²) in [4.78, 5) is 8.45. The van der Waals surface area contributed by atoms with Gasteiger partial charge >= 0.3 is 5.69 Å². The van der Waals surface area contributed by atoms with Gasteiger partial charge < -0.3 is 5.11 Å². The van der Waals surface area contributed by atoms with E-state index in [1.165, 1.54) is 13.8 Å². The summed E-state index contributed by atoms with van der Waals surface area (Å²) in [5, 5.41) is 19.8. The molecule has 1 aromatic carbocycles. The summed E-state index contributed by atoms with van der Waals surface area (Å²) in [6.45, 7) is 2.19. The van der Waals surface area contributed by atoms with Crippen molar-refractivity contribution in [3.05, 3.63) is 33.9 Å². The van der Waals surface area contributed by atoms with Gasteiger partial charge in [0.1, 0.15) is 10.7 Å². The van der Waals surface area contributed by atoms with Crippen LogP contribution >= 0.6 is 0 Å². The number of aliphatic hydroxyl groups excluding tert-OH is 1. The SMILES string of the molecule is CN(C(C)(C)CO)S(=O)(=O)c1cc([N+](=O)[O-])c(F)cc1F. The molecule has 0 unspecified atom stereocenters. The molecule has 0 aromatic heterocycles. The smallest absolute Gasteiger partial charge is 0.306 e. The minimum Gasteiger partial charge on any atom is -0.394 e. The fourth-order valence-electron chi connectivity index (χ4n) is 1.43. The zero-order valence-corrected chi connectivity index (χ0v) is 12.3. The molecule has 1 rings (SSSR count). The molecular formula is C11H14F2N2O5S. The number of halogens is 2. The van der Waals surface area contributed by atoms with E-state index in [4.69, 9.17) is 5.11 Å². The molecule has 0 heterocycles. The lowest BCUT2D eigenvalue weighted by molar-refractivity contribution is -0.387. The monoisotopic (exact) mass is 324 g/mol. The first kappa shape index (κ1) is 17.4. The van der Waals surface area contributed by atoms with Crippen LogP contribution < -0.4 is 0 Å². The van der Waals surface area contributed by atoms with Gasteiger partial charge in [0.25, 0.3) is 0 Å². The summed E-state index contributed by atoms with van der Waals surface area (Å²) in [5.41, 5.74) is -2.42. The molecule has 0 aliphatic heterocycles.